The lowest BCUT2D eigenvalue weighted by molar-refractivity contribution is 0.282. The Hall–Kier alpha value is -2.50. The predicted molar refractivity (Wildman–Crippen MR) is 115 cm³/mol. The highest BCUT2D eigenvalue weighted by Crippen LogP contribution is 2.39. The lowest BCUT2D eigenvalue weighted by Gasteiger charge is -2.17. The number of H-pyrrole nitrogens is 1. The average Bonchev–Trinajstić information content (AvgIpc) is 3.18. The average molecular weight is 395 g/mol. The monoisotopic (exact) mass is 395 g/mol. The summed E-state index contributed by atoms with van der Waals surface area (Å²) in [6, 6.07) is 9.09. The van der Waals surface area contributed by atoms with Crippen LogP contribution in [0.15, 0.2) is 40.5 Å². The summed E-state index contributed by atoms with van der Waals surface area (Å²) in [7, 11) is 0. The molecule has 0 aliphatic carbocycles. The fraction of sp³-hybridized carbons (Fsp3) is 0.261. The SMILES string of the molecule is CCC(C)c1ccc(-c2c(CO)cc(C)c3[nH]c(=O)c4sccc4c23)cc1F. The minimum Gasteiger partial charge on any atom is -0.392 e. The van der Waals surface area contributed by atoms with E-state index in [1.165, 1.54) is 11.3 Å². The molecule has 0 bridgehead atoms. The second-order valence-corrected chi connectivity index (χ2v) is 8.21. The Bertz CT molecular complexity index is 1260. The predicted octanol–water partition coefficient (Wildman–Crippen LogP) is 5.86. The standard InChI is InChI=1S/C23H22FNO2S/c1-4-12(2)16-6-5-14(10-18(16)24)19-15(11-26)9-13(3)21-20(19)17-7-8-28-22(17)23(27)25-21/h5-10,12,26H,4,11H2,1-3H3,(H,25,27). The van der Waals surface area contributed by atoms with Crippen molar-refractivity contribution in [2.45, 2.75) is 39.7 Å². The number of hydrogen-bond donors (Lipinski definition) is 2. The fourth-order valence-electron chi connectivity index (χ4n) is 3.93. The van der Waals surface area contributed by atoms with Gasteiger partial charge in [-0.25, -0.2) is 4.39 Å². The van der Waals surface area contributed by atoms with Gasteiger partial charge < -0.3 is 10.1 Å². The summed E-state index contributed by atoms with van der Waals surface area (Å²) in [6.45, 7) is 5.80. The Morgan fingerprint density at radius 3 is 2.71 bits per heavy atom. The van der Waals surface area contributed by atoms with E-state index in [0.29, 0.717) is 15.8 Å². The molecule has 3 nitrogen and oxygen atoms in total. The van der Waals surface area contributed by atoms with Crippen LogP contribution in [0.4, 0.5) is 4.39 Å². The van der Waals surface area contributed by atoms with Gasteiger partial charge in [-0.15, -0.1) is 11.3 Å². The highest BCUT2D eigenvalue weighted by molar-refractivity contribution is 7.17. The van der Waals surface area contributed by atoms with Crippen LogP contribution in [0, 0.1) is 12.7 Å². The van der Waals surface area contributed by atoms with Gasteiger partial charge in [0.05, 0.1) is 12.1 Å². The molecular weight excluding hydrogens is 373 g/mol. The number of benzene rings is 2. The Morgan fingerprint density at radius 1 is 1.25 bits per heavy atom. The number of aryl methyl sites for hydroxylation is 1. The van der Waals surface area contributed by atoms with Crippen molar-refractivity contribution in [1.29, 1.82) is 0 Å². The van der Waals surface area contributed by atoms with Crippen LogP contribution in [0.2, 0.25) is 0 Å². The Balaban J connectivity index is 2.12. The first-order valence-corrected chi connectivity index (χ1v) is 10.3. The van der Waals surface area contributed by atoms with E-state index in [9.17, 15) is 14.3 Å². The van der Waals surface area contributed by atoms with Gasteiger partial charge in [0.25, 0.3) is 5.56 Å². The molecule has 0 spiro atoms. The molecule has 4 aromatic rings. The number of fused-ring (bicyclic) bond motifs is 3. The van der Waals surface area contributed by atoms with Gasteiger partial charge in [0.15, 0.2) is 0 Å². The Kier molecular flexibility index (Phi) is 4.81. The quantitative estimate of drug-likeness (QED) is 0.454. The van der Waals surface area contributed by atoms with Crippen LogP contribution < -0.4 is 5.56 Å². The summed E-state index contributed by atoms with van der Waals surface area (Å²) in [5.74, 6) is -0.100. The molecule has 144 valence electrons. The van der Waals surface area contributed by atoms with Crippen molar-refractivity contribution in [3.63, 3.8) is 0 Å². The third-order valence-electron chi connectivity index (χ3n) is 5.59. The second-order valence-electron chi connectivity index (χ2n) is 7.30. The van der Waals surface area contributed by atoms with Crippen LogP contribution in [0.3, 0.4) is 0 Å². The van der Waals surface area contributed by atoms with Gasteiger partial charge in [0, 0.05) is 10.8 Å². The van der Waals surface area contributed by atoms with Crippen molar-refractivity contribution in [2.75, 3.05) is 0 Å². The molecule has 0 amide bonds. The van der Waals surface area contributed by atoms with Crippen LogP contribution >= 0.6 is 11.3 Å². The zero-order chi connectivity index (χ0) is 20.0. The zero-order valence-electron chi connectivity index (χ0n) is 16.1. The number of thiophene rings is 1. The fourth-order valence-corrected chi connectivity index (χ4v) is 4.72. The van der Waals surface area contributed by atoms with Crippen LogP contribution in [-0.4, -0.2) is 10.1 Å². The molecule has 1 unspecified atom stereocenters. The first-order chi connectivity index (χ1) is 13.5. The molecule has 0 aliphatic rings. The molecule has 5 heteroatoms. The molecule has 0 saturated heterocycles. The Morgan fingerprint density at radius 2 is 2.04 bits per heavy atom. The summed E-state index contributed by atoms with van der Waals surface area (Å²) in [5.41, 5.74) is 4.39. The maximum atomic E-state index is 14.9. The van der Waals surface area contributed by atoms with Crippen LogP contribution in [0.1, 0.15) is 42.9 Å². The largest absolute Gasteiger partial charge is 0.392 e. The summed E-state index contributed by atoms with van der Waals surface area (Å²) in [5, 5.41) is 13.6. The number of nitrogens with one attached hydrogen (secondary N) is 1. The highest BCUT2D eigenvalue weighted by atomic mass is 32.1. The van der Waals surface area contributed by atoms with E-state index in [1.807, 2.05) is 50.4 Å². The van der Waals surface area contributed by atoms with E-state index in [-0.39, 0.29) is 23.9 Å². The molecule has 28 heavy (non-hydrogen) atoms. The van der Waals surface area contributed by atoms with Crippen molar-refractivity contribution in [1.82, 2.24) is 4.98 Å². The Labute approximate surface area is 166 Å². The summed E-state index contributed by atoms with van der Waals surface area (Å²) >= 11 is 1.38. The molecule has 0 radical (unpaired) electrons. The second kappa shape index (κ2) is 7.15. The van der Waals surface area contributed by atoms with Crippen molar-refractivity contribution in [2.24, 2.45) is 0 Å². The maximum absolute atomic E-state index is 14.9. The van der Waals surface area contributed by atoms with Crippen LogP contribution in [0.5, 0.6) is 0 Å². The van der Waals surface area contributed by atoms with Crippen molar-refractivity contribution < 1.29 is 9.50 Å². The van der Waals surface area contributed by atoms with Gasteiger partial charge in [-0.1, -0.05) is 32.0 Å². The molecule has 2 aromatic heterocycles. The lowest BCUT2D eigenvalue weighted by Crippen LogP contribution is -2.07. The summed E-state index contributed by atoms with van der Waals surface area (Å²) in [4.78, 5) is 15.4. The van der Waals surface area contributed by atoms with Gasteiger partial charge in [0.2, 0.25) is 0 Å². The van der Waals surface area contributed by atoms with E-state index >= 15 is 0 Å². The van der Waals surface area contributed by atoms with Crippen molar-refractivity contribution >= 4 is 32.3 Å². The molecule has 1 atom stereocenters. The number of aromatic amines is 1. The van der Waals surface area contributed by atoms with Crippen LogP contribution in [-0.2, 0) is 6.61 Å². The first kappa shape index (κ1) is 18.8. The number of aromatic nitrogens is 1. The topological polar surface area (TPSA) is 53.1 Å². The van der Waals surface area contributed by atoms with Gasteiger partial charge in [-0.05, 0) is 64.6 Å². The normalized spacial score (nSPS) is 12.8. The number of aliphatic hydroxyl groups excluding tert-OH is 1. The van der Waals surface area contributed by atoms with Gasteiger partial charge in [0.1, 0.15) is 10.5 Å². The molecule has 0 aliphatic heterocycles. The van der Waals surface area contributed by atoms with E-state index in [4.69, 9.17) is 0 Å². The van der Waals surface area contributed by atoms with E-state index in [2.05, 4.69) is 4.98 Å². The number of hydrogen-bond acceptors (Lipinski definition) is 3. The zero-order valence-corrected chi connectivity index (χ0v) is 16.9. The summed E-state index contributed by atoms with van der Waals surface area (Å²) in [6.07, 6.45) is 0.863. The van der Waals surface area contributed by atoms with Gasteiger partial charge in [-0.3, -0.25) is 4.79 Å². The highest BCUT2D eigenvalue weighted by Gasteiger charge is 2.19. The molecule has 2 N–H and O–H groups in total. The molecule has 4 rings (SSSR count). The van der Waals surface area contributed by atoms with Crippen molar-refractivity contribution in [3.8, 4) is 11.1 Å². The number of aliphatic hydroxyl groups is 1. The number of rotatable bonds is 4. The minimum absolute atomic E-state index is 0.124. The summed E-state index contributed by atoms with van der Waals surface area (Å²) < 4.78 is 15.5. The lowest BCUT2D eigenvalue weighted by atomic mass is 9.89. The van der Waals surface area contributed by atoms with Gasteiger partial charge in [-0.2, -0.15) is 0 Å². The maximum Gasteiger partial charge on any atom is 0.266 e. The third kappa shape index (κ3) is 2.86. The molecule has 2 heterocycles. The molecular formula is C23H22FNO2S. The number of pyridine rings is 1. The van der Waals surface area contributed by atoms with Crippen molar-refractivity contribution in [3.05, 3.63) is 68.6 Å². The van der Waals surface area contributed by atoms with E-state index in [1.54, 1.807) is 6.07 Å². The van der Waals surface area contributed by atoms with Gasteiger partial charge >= 0.3 is 0 Å². The molecule has 0 fully saturated rings. The van der Waals surface area contributed by atoms with Crippen LogP contribution in [0.25, 0.3) is 32.1 Å². The minimum atomic E-state index is -0.240. The number of halogens is 1. The van der Waals surface area contributed by atoms with E-state index in [0.717, 1.165) is 39.4 Å². The third-order valence-corrected chi connectivity index (χ3v) is 6.50. The molecule has 2 aromatic carbocycles. The molecule has 0 saturated carbocycles. The first-order valence-electron chi connectivity index (χ1n) is 9.42. The smallest absolute Gasteiger partial charge is 0.266 e. The van der Waals surface area contributed by atoms with E-state index < -0.39 is 0 Å².